The number of hydrogen-bond acceptors (Lipinski definition) is 5. The first kappa shape index (κ1) is 12.6. The van der Waals surface area contributed by atoms with Gasteiger partial charge in [0, 0.05) is 31.4 Å². The Balaban J connectivity index is 2.26. The summed E-state index contributed by atoms with van der Waals surface area (Å²) in [7, 11) is 0. The van der Waals surface area contributed by atoms with E-state index in [0.717, 1.165) is 31.1 Å². The Bertz CT molecular complexity index is 442. The lowest BCUT2D eigenvalue weighted by Gasteiger charge is -2.39. The number of carbonyl (C=O) groups excluding carboxylic acids is 1. The third kappa shape index (κ3) is 2.23. The number of nitrogen functional groups attached to an aromatic ring is 1. The van der Waals surface area contributed by atoms with Crippen LogP contribution in [-0.2, 0) is 4.79 Å². The van der Waals surface area contributed by atoms with Crippen LogP contribution in [0.4, 0.5) is 11.8 Å². The Kier molecular flexibility index (Phi) is 3.36. The van der Waals surface area contributed by atoms with E-state index in [1.807, 2.05) is 36.6 Å². The molecule has 0 aromatic carbocycles. The minimum atomic E-state index is -0.201. The Labute approximate surface area is 107 Å². The molecule has 1 aliphatic rings. The molecule has 0 saturated carbocycles. The number of anilines is 2. The van der Waals surface area contributed by atoms with E-state index in [1.54, 1.807) is 0 Å². The maximum atomic E-state index is 12.1. The van der Waals surface area contributed by atoms with Crippen LogP contribution in [0, 0.1) is 6.92 Å². The molecule has 1 aromatic rings. The number of aromatic nitrogens is 2. The van der Waals surface area contributed by atoms with Crippen molar-refractivity contribution < 1.29 is 4.79 Å². The molecule has 1 aromatic heterocycles. The molecule has 6 nitrogen and oxygen atoms in total. The fourth-order valence-electron chi connectivity index (χ4n) is 2.28. The van der Waals surface area contributed by atoms with Crippen molar-refractivity contribution in [2.45, 2.75) is 26.8 Å². The zero-order valence-electron chi connectivity index (χ0n) is 11.1. The van der Waals surface area contributed by atoms with Gasteiger partial charge in [-0.2, -0.15) is 4.98 Å². The molecule has 0 radical (unpaired) electrons. The van der Waals surface area contributed by atoms with E-state index in [1.165, 1.54) is 0 Å². The van der Waals surface area contributed by atoms with Crippen molar-refractivity contribution in [2.75, 3.05) is 30.3 Å². The lowest BCUT2D eigenvalue weighted by atomic mass is 10.1. The average Bonchev–Trinajstić information content (AvgIpc) is 2.31. The van der Waals surface area contributed by atoms with Crippen LogP contribution in [0.3, 0.4) is 0 Å². The average molecular weight is 249 g/mol. The van der Waals surface area contributed by atoms with Crippen molar-refractivity contribution in [2.24, 2.45) is 0 Å². The van der Waals surface area contributed by atoms with E-state index in [0.29, 0.717) is 0 Å². The second-order valence-corrected chi connectivity index (χ2v) is 4.51. The van der Waals surface area contributed by atoms with Crippen LogP contribution in [-0.4, -0.2) is 46.5 Å². The molecule has 1 aliphatic heterocycles. The van der Waals surface area contributed by atoms with Gasteiger partial charge in [0.15, 0.2) is 0 Å². The molecule has 2 heterocycles. The number of hydrogen-bond donors (Lipinski definition) is 1. The molecule has 98 valence electrons. The van der Waals surface area contributed by atoms with Crippen LogP contribution in [0.2, 0.25) is 0 Å². The van der Waals surface area contributed by atoms with Gasteiger partial charge in [0.1, 0.15) is 11.9 Å². The molecule has 0 bridgehead atoms. The molecule has 1 saturated heterocycles. The van der Waals surface area contributed by atoms with Gasteiger partial charge < -0.3 is 15.5 Å². The van der Waals surface area contributed by atoms with E-state index in [4.69, 9.17) is 5.73 Å². The second kappa shape index (κ2) is 4.80. The van der Waals surface area contributed by atoms with Gasteiger partial charge in [-0.05, 0) is 20.8 Å². The molecule has 18 heavy (non-hydrogen) atoms. The fraction of sp³-hybridized carbons (Fsp3) is 0.583. The van der Waals surface area contributed by atoms with Gasteiger partial charge in [-0.3, -0.25) is 4.79 Å². The van der Waals surface area contributed by atoms with Crippen LogP contribution in [0.1, 0.15) is 19.5 Å². The third-order valence-electron chi connectivity index (χ3n) is 3.28. The Morgan fingerprint density at radius 2 is 2.17 bits per heavy atom. The van der Waals surface area contributed by atoms with E-state index in [-0.39, 0.29) is 17.9 Å². The number of aryl methyl sites for hydroxylation is 1. The lowest BCUT2D eigenvalue weighted by Crippen LogP contribution is -2.56. The first-order chi connectivity index (χ1) is 8.52. The molecule has 1 atom stereocenters. The quantitative estimate of drug-likeness (QED) is 0.822. The maximum Gasteiger partial charge on any atom is 0.245 e. The molecule has 2 N–H and O–H groups in total. The van der Waals surface area contributed by atoms with Crippen molar-refractivity contribution in [3.8, 4) is 0 Å². The minimum Gasteiger partial charge on any atom is -0.368 e. The molecule has 0 spiro atoms. The highest BCUT2D eigenvalue weighted by Crippen LogP contribution is 2.20. The van der Waals surface area contributed by atoms with Gasteiger partial charge in [-0.1, -0.05) is 0 Å². The smallest absolute Gasteiger partial charge is 0.245 e. The summed E-state index contributed by atoms with van der Waals surface area (Å²) in [5, 5.41) is 0. The van der Waals surface area contributed by atoms with Gasteiger partial charge in [0.2, 0.25) is 11.9 Å². The summed E-state index contributed by atoms with van der Waals surface area (Å²) in [4.78, 5) is 24.2. The lowest BCUT2D eigenvalue weighted by molar-refractivity contribution is -0.133. The summed E-state index contributed by atoms with van der Waals surface area (Å²) in [5.41, 5.74) is 6.47. The first-order valence-corrected chi connectivity index (χ1v) is 6.19. The fourth-order valence-corrected chi connectivity index (χ4v) is 2.28. The third-order valence-corrected chi connectivity index (χ3v) is 3.28. The number of rotatable bonds is 2. The number of piperazine rings is 1. The van der Waals surface area contributed by atoms with Crippen molar-refractivity contribution in [3.63, 3.8) is 0 Å². The molecule has 6 heteroatoms. The predicted molar refractivity (Wildman–Crippen MR) is 70.2 cm³/mol. The largest absolute Gasteiger partial charge is 0.368 e. The van der Waals surface area contributed by atoms with Crippen LogP contribution < -0.4 is 10.6 Å². The molecular formula is C12H19N5O. The highest BCUT2D eigenvalue weighted by Gasteiger charge is 2.31. The summed E-state index contributed by atoms with van der Waals surface area (Å²) in [6.45, 7) is 8.02. The Morgan fingerprint density at radius 1 is 1.44 bits per heavy atom. The molecule has 0 aliphatic carbocycles. The van der Waals surface area contributed by atoms with Gasteiger partial charge in [-0.25, -0.2) is 4.98 Å². The number of nitrogens with zero attached hydrogens (tertiary/aromatic N) is 4. The first-order valence-electron chi connectivity index (χ1n) is 6.19. The van der Waals surface area contributed by atoms with Crippen LogP contribution in [0.25, 0.3) is 0 Å². The number of likely N-dealkylation sites (N-methyl/N-ethyl adjacent to an activating group) is 1. The summed E-state index contributed by atoms with van der Waals surface area (Å²) in [6, 6.07) is 1.66. The monoisotopic (exact) mass is 249 g/mol. The number of nitrogens with two attached hydrogens (primary N) is 1. The standard InChI is InChI=1S/C12H19N5O/c1-4-16-5-6-17(9(3)11(16)18)10-7-8(2)14-12(13)15-10/h7,9H,4-6H2,1-3H3,(H2,13,14,15)/t9-/m1/s1. The van der Waals surface area contributed by atoms with Gasteiger partial charge in [0.05, 0.1) is 0 Å². The molecular weight excluding hydrogens is 230 g/mol. The summed E-state index contributed by atoms with van der Waals surface area (Å²) in [6.07, 6.45) is 0. The Hall–Kier alpha value is -1.85. The molecule has 1 amide bonds. The topological polar surface area (TPSA) is 75.3 Å². The van der Waals surface area contributed by atoms with E-state index in [2.05, 4.69) is 9.97 Å². The van der Waals surface area contributed by atoms with Crippen molar-refractivity contribution in [1.29, 1.82) is 0 Å². The normalized spacial score (nSPS) is 20.4. The maximum absolute atomic E-state index is 12.1. The number of amides is 1. The van der Waals surface area contributed by atoms with E-state index < -0.39 is 0 Å². The SMILES string of the molecule is CCN1CCN(c2cc(C)nc(N)n2)[C@H](C)C1=O. The van der Waals surface area contributed by atoms with Crippen LogP contribution in [0.15, 0.2) is 6.07 Å². The van der Waals surface area contributed by atoms with E-state index >= 15 is 0 Å². The summed E-state index contributed by atoms with van der Waals surface area (Å²) >= 11 is 0. The number of carbonyl (C=O) groups is 1. The van der Waals surface area contributed by atoms with Crippen LogP contribution in [0.5, 0.6) is 0 Å². The highest BCUT2D eigenvalue weighted by atomic mass is 16.2. The second-order valence-electron chi connectivity index (χ2n) is 4.51. The molecule has 2 rings (SSSR count). The summed E-state index contributed by atoms with van der Waals surface area (Å²) < 4.78 is 0. The van der Waals surface area contributed by atoms with Gasteiger partial charge in [0.25, 0.3) is 0 Å². The molecule has 1 fully saturated rings. The highest BCUT2D eigenvalue weighted by molar-refractivity contribution is 5.85. The zero-order chi connectivity index (χ0) is 13.3. The predicted octanol–water partition coefficient (Wildman–Crippen LogP) is 0.424. The van der Waals surface area contributed by atoms with Gasteiger partial charge >= 0.3 is 0 Å². The van der Waals surface area contributed by atoms with Crippen molar-refractivity contribution >= 4 is 17.7 Å². The Morgan fingerprint density at radius 3 is 2.78 bits per heavy atom. The van der Waals surface area contributed by atoms with E-state index in [9.17, 15) is 4.79 Å². The van der Waals surface area contributed by atoms with Crippen LogP contribution >= 0.6 is 0 Å². The zero-order valence-corrected chi connectivity index (χ0v) is 11.1. The minimum absolute atomic E-state index is 0.138. The summed E-state index contributed by atoms with van der Waals surface area (Å²) in [5.74, 6) is 1.12. The molecule has 0 unspecified atom stereocenters. The van der Waals surface area contributed by atoms with Crippen molar-refractivity contribution in [1.82, 2.24) is 14.9 Å². The van der Waals surface area contributed by atoms with Crippen molar-refractivity contribution in [3.05, 3.63) is 11.8 Å². The van der Waals surface area contributed by atoms with Gasteiger partial charge in [-0.15, -0.1) is 0 Å².